The second kappa shape index (κ2) is 11.8. The summed E-state index contributed by atoms with van der Waals surface area (Å²) in [6, 6.07) is 6.46. The summed E-state index contributed by atoms with van der Waals surface area (Å²) in [5.41, 5.74) is 6.75. The summed E-state index contributed by atoms with van der Waals surface area (Å²) in [4.78, 5) is 47.4. The fraction of sp³-hybridized carbons (Fsp3) is 0.500. The summed E-state index contributed by atoms with van der Waals surface area (Å²) in [6.45, 7) is 4.79. The highest BCUT2D eigenvalue weighted by Gasteiger charge is 2.24. The fourth-order valence-corrected chi connectivity index (χ4v) is 2.61. The van der Waals surface area contributed by atoms with E-state index in [0.717, 1.165) is 5.56 Å². The van der Waals surface area contributed by atoms with Crippen LogP contribution in [0.2, 0.25) is 0 Å². The van der Waals surface area contributed by atoms with Gasteiger partial charge in [0.2, 0.25) is 17.7 Å². The Morgan fingerprint density at radius 1 is 1.00 bits per heavy atom. The van der Waals surface area contributed by atoms with E-state index in [1.165, 1.54) is 6.92 Å². The molecule has 0 aliphatic rings. The van der Waals surface area contributed by atoms with Crippen molar-refractivity contribution in [2.45, 2.75) is 51.7 Å². The van der Waals surface area contributed by atoms with E-state index < -0.39 is 41.8 Å². The molecule has 0 aliphatic heterocycles. The molecule has 6 N–H and O–H groups in total. The minimum atomic E-state index is -1.13. The molecule has 3 unspecified atom stereocenters. The van der Waals surface area contributed by atoms with Gasteiger partial charge < -0.3 is 26.8 Å². The number of aliphatic carboxylic acids is 1. The SMILES string of the molecule is CC(C)CC(NC(=O)C(C)NC(=O)CNC(=O)C(N)Cc1ccccc1)C(=O)O. The van der Waals surface area contributed by atoms with Crippen LogP contribution in [0.5, 0.6) is 0 Å². The first-order chi connectivity index (χ1) is 13.6. The molecule has 160 valence electrons. The lowest BCUT2D eigenvalue weighted by atomic mass is 10.0. The smallest absolute Gasteiger partial charge is 0.326 e. The average Bonchev–Trinajstić information content (AvgIpc) is 2.65. The number of carbonyl (C=O) groups is 4. The molecule has 3 amide bonds. The van der Waals surface area contributed by atoms with Crippen LogP contribution in [0.25, 0.3) is 0 Å². The molecule has 9 heteroatoms. The molecule has 29 heavy (non-hydrogen) atoms. The van der Waals surface area contributed by atoms with Crippen LogP contribution in [0.15, 0.2) is 30.3 Å². The Kier molecular flexibility index (Phi) is 9.81. The lowest BCUT2D eigenvalue weighted by Gasteiger charge is -2.20. The van der Waals surface area contributed by atoms with Crippen LogP contribution in [0, 0.1) is 5.92 Å². The number of carbonyl (C=O) groups excluding carboxylic acids is 3. The number of hydrogen-bond donors (Lipinski definition) is 5. The van der Waals surface area contributed by atoms with Crippen molar-refractivity contribution in [3.8, 4) is 0 Å². The third-order valence-electron chi connectivity index (χ3n) is 4.15. The van der Waals surface area contributed by atoms with Crippen LogP contribution in [-0.4, -0.2) is 53.5 Å². The minimum absolute atomic E-state index is 0.0802. The van der Waals surface area contributed by atoms with E-state index in [1.54, 1.807) is 0 Å². The first-order valence-electron chi connectivity index (χ1n) is 9.49. The van der Waals surface area contributed by atoms with Crippen LogP contribution >= 0.6 is 0 Å². The Labute approximate surface area is 170 Å². The molecule has 1 rings (SSSR count). The van der Waals surface area contributed by atoms with Crippen molar-refractivity contribution in [2.24, 2.45) is 11.7 Å². The minimum Gasteiger partial charge on any atom is -0.480 e. The Bertz CT molecular complexity index is 708. The molecule has 0 heterocycles. The lowest BCUT2D eigenvalue weighted by molar-refractivity contribution is -0.142. The van der Waals surface area contributed by atoms with Gasteiger partial charge in [0.15, 0.2) is 0 Å². The first kappa shape index (κ1) is 24.1. The highest BCUT2D eigenvalue weighted by atomic mass is 16.4. The van der Waals surface area contributed by atoms with E-state index in [0.29, 0.717) is 6.42 Å². The number of carboxylic acid groups (broad SMARTS) is 1. The molecular formula is C20H30N4O5. The molecule has 1 aromatic rings. The maximum Gasteiger partial charge on any atom is 0.326 e. The molecule has 1 aromatic carbocycles. The van der Waals surface area contributed by atoms with Gasteiger partial charge in [0.05, 0.1) is 12.6 Å². The maximum absolute atomic E-state index is 12.1. The van der Waals surface area contributed by atoms with E-state index >= 15 is 0 Å². The van der Waals surface area contributed by atoms with Crippen molar-refractivity contribution in [1.82, 2.24) is 16.0 Å². The molecule has 0 saturated carbocycles. The van der Waals surface area contributed by atoms with Gasteiger partial charge in [0.25, 0.3) is 0 Å². The van der Waals surface area contributed by atoms with Gasteiger partial charge in [-0.3, -0.25) is 14.4 Å². The quantitative estimate of drug-likeness (QED) is 0.343. The third-order valence-corrected chi connectivity index (χ3v) is 4.15. The number of nitrogens with two attached hydrogens (primary N) is 1. The van der Waals surface area contributed by atoms with E-state index in [9.17, 15) is 24.3 Å². The topological polar surface area (TPSA) is 151 Å². The van der Waals surface area contributed by atoms with Crippen molar-refractivity contribution >= 4 is 23.7 Å². The summed E-state index contributed by atoms with van der Waals surface area (Å²) in [5, 5.41) is 16.4. The summed E-state index contributed by atoms with van der Waals surface area (Å²) < 4.78 is 0. The number of carboxylic acids is 1. The highest BCUT2D eigenvalue weighted by Crippen LogP contribution is 2.05. The standard InChI is InChI=1S/C20H30N4O5/c1-12(2)9-16(20(28)29)24-18(26)13(3)23-17(25)11-22-19(27)15(21)10-14-7-5-4-6-8-14/h4-8,12-13,15-16H,9-11,21H2,1-3H3,(H,22,27)(H,23,25)(H,24,26)(H,28,29). The summed E-state index contributed by atoms with van der Waals surface area (Å²) in [6.07, 6.45) is 0.608. The van der Waals surface area contributed by atoms with E-state index in [4.69, 9.17) is 5.73 Å². The Morgan fingerprint density at radius 2 is 1.62 bits per heavy atom. The second-order valence-electron chi connectivity index (χ2n) is 7.33. The number of benzene rings is 1. The molecule has 0 radical (unpaired) electrons. The maximum atomic E-state index is 12.1. The summed E-state index contributed by atoms with van der Waals surface area (Å²) >= 11 is 0. The van der Waals surface area contributed by atoms with E-state index in [1.807, 2.05) is 44.2 Å². The lowest BCUT2D eigenvalue weighted by Crippen LogP contribution is -2.52. The fourth-order valence-electron chi connectivity index (χ4n) is 2.61. The normalized spacial score (nSPS) is 13.8. The van der Waals surface area contributed by atoms with Gasteiger partial charge in [-0.05, 0) is 31.2 Å². The Morgan fingerprint density at radius 3 is 2.17 bits per heavy atom. The second-order valence-corrected chi connectivity index (χ2v) is 7.33. The van der Waals surface area contributed by atoms with Gasteiger partial charge in [-0.1, -0.05) is 44.2 Å². The number of amides is 3. The molecule has 0 fully saturated rings. The van der Waals surface area contributed by atoms with Crippen molar-refractivity contribution in [1.29, 1.82) is 0 Å². The molecule has 9 nitrogen and oxygen atoms in total. The molecule has 0 aromatic heterocycles. The number of nitrogens with one attached hydrogen (secondary N) is 3. The zero-order valence-corrected chi connectivity index (χ0v) is 17.0. The van der Waals surface area contributed by atoms with Crippen LogP contribution in [0.1, 0.15) is 32.8 Å². The third kappa shape index (κ3) is 9.20. The van der Waals surface area contributed by atoms with Gasteiger partial charge in [-0.25, -0.2) is 4.79 Å². The predicted molar refractivity (Wildman–Crippen MR) is 108 cm³/mol. The van der Waals surface area contributed by atoms with Gasteiger partial charge in [0.1, 0.15) is 12.1 Å². The van der Waals surface area contributed by atoms with Crippen LogP contribution in [0.4, 0.5) is 0 Å². The van der Waals surface area contributed by atoms with E-state index in [2.05, 4.69) is 16.0 Å². The predicted octanol–water partition coefficient (Wildman–Crippen LogP) is -0.207. The Hall–Kier alpha value is -2.94. The van der Waals surface area contributed by atoms with Gasteiger partial charge in [-0.2, -0.15) is 0 Å². The van der Waals surface area contributed by atoms with Crippen molar-refractivity contribution < 1.29 is 24.3 Å². The number of rotatable bonds is 11. The van der Waals surface area contributed by atoms with Crippen molar-refractivity contribution in [3.63, 3.8) is 0 Å². The van der Waals surface area contributed by atoms with E-state index in [-0.39, 0.29) is 18.9 Å². The zero-order valence-electron chi connectivity index (χ0n) is 17.0. The van der Waals surface area contributed by atoms with Crippen LogP contribution in [-0.2, 0) is 25.6 Å². The van der Waals surface area contributed by atoms with Gasteiger partial charge in [0, 0.05) is 0 Å². The molecular weight excluding hydrogens is 376 g/mol. The van der Waals surface area contributed by atoms with Crippen LogP contribution in [0.3, 0.4) is 0 Å². The van der Waals surface area contributed by atoms with Crippen molar-refractivity contribution in [3.05, 3.63) is 35.9 Å². The molecule has 3 atom stereocenters. The highest BCUT2D eigenvalue weighted by molar-refractivity contribution is 5.92. The van der Waals surface area contributed by atoms with Crippen molar-refractivity contribution in [2.75, 3.05) is 6.54 Å². The number of hydrogen-bond acceptors (Lipinski definition) is 5. The first-order valence-corrected chi connectivity index (χ1v) is 9.49. The molecule has 0 spiro atoms. The summed E-state index contributed by atoms with van der Waals surface area (Å²) in [7, 11) is 0. The van der Waals surface area contributed by atoms with Gasteiger partial charge >= 0.3 is 5.97 Å². The van der Waals surface area contributed by atoms with Crippen LogP contribution < -0.4 is 21.7 Å². The molecule has 0 aliphatic carbocycles. The largest absolute Gasteiger partial charge is 0.480 e. The molecule has 0 bridgehead atoms. The van der Waals surface area contributed by atoms with Gasteiger partial charge in [-0.15, -0.1) is 0 Å². The zero-order chi connectivity index (χ0) is 22.0. The summed E-state index contributed by atoms with van der Waals surface area (Å²) in [5.74, 6) is -2.73. The Balaban J connectivity index is 2.43. The average molecular weight is 406 g/mol. The molecule has 0 saturated heterocycles. The monoisotopic (exact) mass is 406 g/mol.